The lowest BCUT2D eigenvalue weighted by Gasteiger charge is -2.20. The molecule has 1 N–H and O–H groups in total. The van der Waals surface area contributed by atoms with Gasteiger partial charge in [0, 0.05) is 37.9 Å². The van der Waals surface area contributed by atoms with Gasteiger partial charge in [0.15, 0.2) is 0 Å². The van der Waals surface area contributed by atoms with E-state index in [9.17, 15) is 9.59 Å². The molecule has 1 aliphatic rings. The lowest BCUT2D eigenvalue weighted by atomic mass is 10.1. The summed E-state index contributed by atoms with van der Waals surface area (Å²) in [6.45, 7) is 2.55. The summed E-state index contributed by atoms with van der Waals surface area (Å²) in [5.41, 5.74) is 1.10. The first-order valence-electron chi connectivity index (χ1n) is 7.89. The molecule has 5 nitrogen and oxygen atoms in total. The number of ether oxygens (including phenoxy) is 1. The van der Waals surface area contributed by atoms with Crippen molar-refractivity contribution in [2.45, 2.75) is 25.7 Å². The van der Waals surface area contributed by atoms with E-state index in [1.54, 1.807) is 31.4 Å². The Balaban J connectivity index is 2.03. The van der Waals surface area contributed by atoms with Crippen molar-refractivity contribution in [2.24, 2.45) is 0 Å². The zero-order valence-electron chi connectivity index (χ0n) is 13.1. The molecule has 0 saturated carbocycles. The van der Waals surface area contributed by atoms with E-state index < -0.39 is 0 Å². The zero-order chi connectivity index (χ0) is 15.8. The predicted octanol–water partition coefficient (Wildman–Crippen LogP) is 2.08. The Kier molecular flexibility index (Phi) is 6.40. The van der Waals surface area contributed by atoms with Gasteiger partial charge in [-0.25, -0.2) is 0 Å². The summed E-state index contributed by atoms with van der Waals surface area (Å²) >= 11 is 0. The van der Waals surface area contributed by atoms with E-state index in [4.69, 9.17) is 4.74 Å². The number of methoxy groups -OCH3 is 1. The summed E-state index contributed by atoms with van der Waals surface area (Å²) in [6, 6.07) is 6.94. The molecule has 1 aromatic rings. The Morgan fingerprint density at radius 1 is 1.14 bits per heavy atom. The minimum Gasteiger partial charge on any atom is -0.383 e. The molecule has 120 valence electrons. The van der Waals surface area contributed by atoms with Gasteiger partial charge in [-0.05, 0) is 31.0 Å². The number of hydrogen-bond acceptors (Lipinski definition) is 3. The van der Waals surface area contributed by atoms with Crippen LogP contribution in [0.25, 0.3) is 0 Å². The zero-order valence-corrected chi connectivity index (χ0v) is 13.1. The summed E-state index contributed by atoms with van der Waals surface area (Å²) in [5, 5.41) is 2.77. The molecule has 5 heteroatoms. The van der Waals surface area contributed by atoms with Crippen LogP contribution < -0.4 is 5.32 Å². The maximum absolute atomic E-state index is 12.6. The SMILES string of the molecule is COCCNC(=O)c1cccc(C(=O)N2CCCCCC2)c1. The second kappa shape index (κ2) is 8.54. The molecule has 0 aliphatic carbocycles. The molecule has 1 heterocycles. The van der Waals surface area contributed by atoms with E-state index in [1.165, 1.54) is 12.8 Å². The number of amides is 2. The Hall–Kier alpha value is -1.88. The van der Waals surface area contributed by atoms with Crippen LogP contribution in [0.3, 0.4) is 0 Å². The van der Waals surface area contributed by atoms with Gasteiger partial charge in [-0.2, -0.15) is 0 Å². The van der Waals surface area contributed by atoms with Crippen LogP contribution in [0.1, 0.15) is 46.4 Å². The van der Waals surface area contributed by atoms with Crippen molar-refractivity contribution in [3.63, 3.8) is 0 Å². The Morgan fingerprint density at radius 3 is 2.50 bits per heavy atom. The van der Waals surface area contributed by atoms with Gasteiger partial charge < -0.3 is 15.0 Å². The Bertz CT molecular complexity index is 508. The second-order valence-electron chi connectivity index (χ2n) is 5.54. The maximum atomic E-state index is 12.6. The van der Waals surface area contributed by atoms with E-state index >= 15 is 0 Å². The fourth-order valence-corrected chi connectivity index (χ4v) is 2.62. The molecule has 22 heavy (non-hydrogen) atoms. The van der Waals surface area contributed by atoms with Gasteiger partial charge in [0.1, 0.15) is 0 Å². The van der Waals surface area contributed by atoms with Gasteiger partial charge in [-0.15, -0.1) is 0 Å². The van der Waals surface area contributed by atoms with Crippen LogP contribution in [0.2, 0.25) is 0 Å². The maximum Gasteiger partial charge on any atom is 0.253 e. The van der Waals surface area contributed by atoms with E-state index in [1.807, 2.05) is 4.90 Å². The highest BCUT2D eigenvalue weighted by molar-refractivity contribution is 5.99. The molecular weight excluding hydrogens is 280 g/mol. The minimum atomic E-state index is -0.178. The lowest BCUT2D eigenvalue weighted by molar-refractivity contribution is 0.0761. The minimum absolute atomic E-state index is 0.0217. The highest BCUT2D eigenvalue weighted by Gasteiger charge is 2.18. The fraction of sp³-hybridized carbons (Fsp3) is 0.529. The van der Waals surface area contributed by atoms with Crippen molar-refractivity contribution >= 4 is 11.8 Å². The smallest absolute Gasteiger partial charge is 0.253 e. The third-order valence-electron chi connectivity index (χ3n) is 3.86. The van der Waals surface area contributed by atoms with Gasteiger partial charge in [0.25, 0.3) is 11.8 Å². The third kappa shape index (κ3) is 4.56. The van der Waals surface area contributed by atoms with Crippen LogP contribution in [-0.2, 0) is 4.74 Å². The summed E-state index contributed by atoms with van der Waals surface area (Å²) < 4.78 is 4.91. The van der Waals surface area contributed by atoms with Crippen LogP contribution >= 0.6 is 0 Å². The van der Waals surface area contributed by atoms with Crippen LogP contribution in [0.5, 0.6) is 0 Å². The van der Waals surface area contributed by atoms with Crippen molar-refractivity contribution in [2.75, 3.05) is 33.4 Å². The van der Waals surface area contributed by atoms with Gasteiger partial charge in [0.2, 0.25) is 0 Å². The monoisotopic (exact) mass is 304 g/mol. The molecule has 1 aromatic carbocycles. The normalized spacial score (nSPS) is 15.2. The highest BCUT2D eigenvalue weighted by Crippen LogP contribution is 2.14. The first-order chi connectivity index (χ1) is 10.7. The molecule has 2 rings (SSSR count). The van der Waals surface area contributed by atoms with Crippen LogP contribution in [-0.4, -0.2) is 50.1 Å². The molecule has 1 fully saturated rings. The summed E-state index contributed by atoms with van der Waals surface area (Å²) in [7, 11) is 1.59. The summed E-state index contributed by atoms with van der Waals surface area (Å²) in [4.78, 5) is 26.5. The summed E-state index contributed by atoms with van der Waals surface area (Å²) in [5.74, 6) is -0.156. The first-order valence-corrected chi connectivity index (χ1v) is 7.89. The number of carbonyl (C=O) groups excluding carboxylic acids is 2. The average molecular weight is 304 g/mol. The Labute approximate surface area is 131 Å². The number of hydrogen-bond donors (Lipinski definition) is 1. The topological polar surface area (TPSA) is 58.6 Å². The standard InChI is InChI=1S/C17H24N2O3/c1-22-12-9-18-16(20)14-7-6-8-15(13-14)17(21)19-10-4-2-3-5-11-19/h6-8,13H,2-5,9-12H2,1H3,(H,18,20). The lowest BCUT2D eigenvalue weighted by Crippen LogP contribution is -2.32. The van der Waals surface area contributed by atoms with Crippen LogP contribution in [0.15, 0.2) is 24.3 Å². The summed E-state index contributed by atoms with van der Waals surface area (Å²) in [6.07, 6.45) is 4.49. The van der Waals surface area contributed by atoms with Crippen molar-refractivity contribution in [3.8, 4) is 0 Å². The number of carbonyl (C=O) groups is 2. The van der Waals surface area contributed by atoms with Crippen molar-refractivity contribution in [3.05, 3.63) is 35.4 Å². The molecule has 1 aliphatic heterocycles. The molecule has 0 radical (unpaired) electrons. The fourth-order valence-electron chi connectivity index (χ4n) is 2.62. The Morgan fingerprint density at radius 2 is 1.82 bits per heavy atom. The van der Waals surface area contributed by atoms with Crippen LogP contribution in [0, 0.1) is 0 Å². The number of likely N-dealkylation sites (tertiary alicyclic amines) is 1. The molecule has 0 atom stereocenters. The molecule has 2 amide bonds. The van der Waals surface area contributed by atoms with E-state index in [0.29, 0.717) is 24.3 Å². The number of rotatable bonds is 5. The molecule has 1 saturated heterocycles. The van der Waals surface area contributed by atoms with Crippen molar-refractivity contribution in [1.82, 2.24) is 10.2 Å². The number of nitrogens with one attached hydrogen (secondary N) is 1. The van der Waals surface area contributed by atoms with E-state index in [-0.39, 0.29) is 11.8 Å². The van der Waals surface area contributed by atoms with Gasteiger partial charge in [-0.3, -0.25) is 9.59 Å². The van der Waals surface area contributed by atoms with E-state index in [0.717, 1.165) is 25.9 Å². The van der Waals surface area contributed by atoms with Crippen LogP contribution in [0.4, 0.5) is 0 Å². The predicted molar refractivity (Wildman–Crippen MR) is 85.0 cm³/mol. The molecule has 0 spiro atoms. The second-order valence-corrected chi connectivity index (χ2v) is 5.54. The van der Waals surface area contributed by atoms with Gasteiger partial charge >= 0.3 is 0 Å². The van der Waals surface area contributed by atoms with Gasteiger partial charge in [-0.1, -0.05) is 18.9 Å². The number of nitrogens with zero attached hydrogens (tertiary/aromatic N) is 1. The molecule has 0 unspecified atom stereocenters. The highest BCUT2D eigenvalue weighted by atomic mass is 16.5. The largest absolute Gasteiger partial charge is 0.383 e. The third-order valence-corrected chi connectivity index (χ3v) is 3.86. The van der Waals surface area contributed by atoms with Crippen molar-refractivity contribution in [1.29, 1.82) is 0 Å². The van der Waals surface area contributed by atoms with Crippen molar-refractivity contribution < 1.29 is 14.3 Å². The first kappa shape index (κ1) is 16.5. The molecule has 0 bridgehead atoms. The molecule has 0 aromatic heterocycles. The van der Waals surface area contributed by atoms with Gasteiger partial charge in [0.05, 0.1) is 6.61 Å². The van der Waals surface area contributed by atoms with E-state index in [2.05, 4.69) is 5.32 Å². The molecular formula is C17H24N2O3. The quantitative estimate of drug-likeness (QED) is 0.847. The number of benzene rings is 1. The average Bonchev–Trinajstić information content (AvgIpc) is 2.83.